The van der Waals surface area contributed by atoms with E-state index in [0.29, 0.717) is 11.4 Å². The molecule has 9 nitrogen and oxygen atoms in total. The van der Waals surface area contributed by atoms with Gasteiger partial charge in [0.2, 0.25) is 0 Å². The third-order valence-electron chi connectivity index (χ3n) is 3.51. The molecule has 2 aromatic rings. The summed E-state index contributed by atoms with van der Waals surface area (Å²) in [6.45, 7) is 0. The van der Waals surface area contributed by atoms with Crippen LogP contribution in [0.5, 0.6) is 17.2 Å². The fourth-order valence-corrected chi connectivity index (χ4v) is 2.23. The van der Waals surface area contributed by atoms with Crippen LogP contribution in [0.3, 0.4) is 0 Å². The van der Waals surface area contributed by atoms with Crippen LogP contribution in [0.15, 0.2) is 42.0 Å². The van der Waals surface area contributed by atoms with E-state index in [-0.39, 0.29) is 16.9 Å². The van der Waals surface area contributed by atoms with Crippen LogP contribution in [0.4, 0.5) is 11.4 Å². The van der Waals surface area contributed by atoms with Gasteiger partial charge in [-0.1, -0.05) is 12.1 Å². The Bertz CT molecular complexity index is 962. The topological polar surface area (TPSA) is 138 Å². The van der Waals surface area contributed by atoms with Gasteiger partial charge in [-0.15, -0.1) is 0 Å². The fraction of sp³-hybridized carbons (Fsp3) is 0.111. The predicted octanol–water partition coefficient (Wildman–Crippen LogP) is 2.23. The van der Waals surface area contributed by atoms with Crippen LogP contribution >= 0.6 is 0 Å². The second-order valence-corrected chi connectivity index (χ2v) is 5.15. The summed E-state index contributed by atoms with van der Waals surface area (Å²) in [4.78, 5) is 22.5. The quantitative estimate of drug-likeness (QED) is 0.357. The van der Waals surface area contributed by atoms with Gasteiger partial charge >= 0.3 is 0 Å². The van der Waals surface area contributed by atoms with Crippen molar-refractivity contribution in [3.63, 3.8) is 0 Å². The summed E-state index contributed by atoms with van der Waals surface area (Å²) < 4.78 is 9.95. The first-order valence-electron chi connectivity index (χ1n) is 7.50. The first kappa shape index (κ1) is 19.3. The molecule has 0 heterocycles. The van der Waals surface area contributed by atoms with E-state index in [2.05, 4.69) is 5.32 Å². The predicted molar refractivity (Wildman–Crippen MR) is 94.3 cm³/mol. The molecule has 27 heavy (non-hydrogen) atoms. The maximum Gasteiger partial charge on any atom is 0.266 e. The highest BCUT2D eigenvalue weighted by molar-refractivity contribution is 6.10. The van der Waals surface area contributed by atoms with Crippen LogP contribution in [0.2, 0.25) is 0 Å². The second-order valence-electron chi connectivity index (χ2n) is 5.15. The van der Waals surface area contributed by atoms with Crippen LogP contribution in [0.1, 0.15) is 5.56 Å². The number of benzene rings is 2. The number of hydrogen-bond acceptors (Lipinski definition) is 7. The lowest BCUT2D eigenvalue weighted by Crippen LogP contribution is -2.14. The maximum absolute atomic E-state index is 12.4. The largest absolute Gasteiger partial charge is 0.865 e. The number of nitro groups is 1. The summed E-state index contributed by atoms with van der Waals surface area (Å²) in [6, 6.07) is 10.5. The molecule has 0 spiro atoms. The number of nitrogens with zero attached hydrogens (tertiary/aromatic N) is 2. The number of carbonyl (C=O) groups excluding carboxylic acids is 1. The lowest BCUT2D eigenvalue weighted by molar-refractivity contribution is -0.398. The number of nitrogens with one attached hydrogen (secondary N) is 1. The molecule has 0 atom stereocenters. The van der Waals surface area contributed by atoms with Crippen molar-refractivity contribution in [2.24, 2.45) is 0 Å². The van der Waals surface area contributed by atoms with Crippen molar-refractivity contribution in [3.05, 3.63) is 57.6 Å². The van der Waals surface area contributed by atoms with Gasteiger partial charge in [0, 0.05) is 11.8 Å². The molecular formula is C18H14N3O6-. The number of nitro benzene ring substituents is 1. The standard InChI is InChI=1S/C18H15N3O6/c1-26-15-6-4-3-5-13(15)20-18(23)12(10-19)7-11-8-14(21(24)25)17(22)16(9-11)27-2/h3-9,22H,1-2H3,(H,20,23)/p-1/b12-7+. The highest BCUT2D eigenvalue weighted by atomic mass is 16.6. The van der Waals surface area contributed by atoms with Gasteiger partial charge in [0.25, 0.3) is 11.6 Å². The van der Waals surface area contributed by atoms with Gasteiger partial charge in [0.05, 0.1) is 24.8 Å². The van der Waals surface area contributed by atoms with Crippen molar-refractivity contribution < 1.29 is 24.3 Å². The van der Waals surface area contributed by atoms with E-state index in [1.165, 1.54) is 20.3 Å². The van der Waals surface area contributed by atoms with E-state index >= 15 is 0 Å². The van der Waals surface area contributed by atoms with Crippen molar-refractivity contribution in [2.75, 3.05) is 19.5 Å². The number of hydrogen-bond donors (Lipinski definition) is 1. The van der Waals surface area contributed by atoms with E-state index in [4.69, 9.17) is 9.47 Å². The van der Waals surface area contributed by atoms with Crippen molar-refractivity contribution >= 4 is 23.4 Å². The summed E-state index contributed by atoms with van der Waals surface area (Å²) in [7, 11) is 2.62. The summed E-state index contributed by atoms with van der Waals surface area (Å²) in [5, 5.41) is 34.7. The first-order valence-corrected chi connectivity index (χ1v) is 7.50. The van der Waals surface area contributed by atoms with Gasteiger partial charge in [-0.2, -0.15) is 5.26 Å². The van der Waals surface area contributed by atoms with Gasteiger partial charge in [-0.3, -0.25) is 14.9 Å². The minimum atomic E-state index is -0.892. The molecule has 9 heteroatoms. The molecule has 0 unspecified atom stereocenters. The number of carbonyl (C=O) groups is 1. The third kappa shape index (κ3) is 4.32. The normalized spacial score (nSPS) is 10.6. The van der Waals surface area contributed by atoms with Crippen LogP contribution in [-0.2, 0) is 4.79 Å². The zero-order valence-corrected chi connectivity index (χ0v) is 14.4. The monoisotopic (exact) mass is 368 g/mol. The third-order valence-corrected chi connectivity index (χ3v) is 3.51. The minimum Gasteiger partial charge on any atom is -0.865 e. The molecule has 0 aromatic heterocycles. The SMILES string of the molecule is COc1ccccc1NC(=O)/C(C#N)=C/c1cc(OC)c([O-])c([N+](=O)[O-])c1. The van der Waals surface area contributed by atoms with E-state index in [9.17, 15) is 25.3 Å². The number of para-hydroxylation sites is 2. The Labute approximate surface area is 154 Å². The molecule has 0 bridgehead atoms. The fourth-order valence-electron chi connectivity index (χ4n) is 2.23. The van der Waals surface area contributed by atoms with Crippen LogP contribution in [-0.4, -0.2) is 25.1 Å². The average molecular weight is 368 g/mol. The Kier molecular flexibility index (Phi) is 5.96. The zero-order valence-electron chi connectivity index (χ0n) is 14.4. The maximum atomic E-state index is 12.4. The molecule has 0 fully saturated rings. The first-order chi connectivity index (χ1) is 12.9. The molecule has 0 aliphatic rings. The van der Waals surface area contributed by atoms with Crippen molar-refractivity contribution in [1.82, 2.24) is 0 Å². The van der Waals surface area contributed by atoms with E-state index in [0.717, 1.165) is 12.1 Å². The summed E-state index contributed by atoms with van der Waals surface area (Å²) in [5.41, 5.74) is -0.589. The van der Waals surface area contributed by atoms with Crippen molar-refractivity contribution in [1.29, 1.82) is 5.26 Å². The molecule has 0 saturated heterocycles. The Morgan fingerprint density at radius 3 is 2.48 bits per heavy atom. The smallest absolute Gasteiger partial charge is 0.266 e. The van der Waals surface area contributed by atoms with Gasteiger partial charge in [-0.25, -0.2) is 0 Å². The molecule has 138 valence electrons. The van der Waals surface area contributed by atoms with E-state index < -0.39 is 22.3 Å². The number of rotatable bonds is 6. The number of amides is 1. The van der Waals surface area contributed by atoms with Gasteiger partial charge in [0.15, 0.2) is 0 Å². The lowest BCUT2D eigenvalue weighted by Gasteiger charge is -2.13. The molecule has 0 aliphatic carbocycles. The molecule has 0 saturated carbocycles. The zero-order chi connectivity index (χ0) is 20.0. The lowest BCUT2D eigenvalue weighted by atomic mass is 10.1. The number of anilines is 1. The Hall–Kier alpha value is -4.06. The van der Waals surface area contributed by atoms with Crippen molar-refractivity contribution in [3.8, 4) is 23.3 Å². The van der Waals surface area contributed by atoms with Gasteiger partial charge in [-0.05, 0) is 29.8 Å². The molecule has 2 aromatic carbocycles. The molecule has 2 rings (SSSR count). The molecular weight excluding hydrogens is 354 g/mol. The second kappa shape index (κ2) is 8.35. The van der Waals surface area contributed by atoms with Gasteiger partial charge < -0.3 is 19.9 Å². The molecule has 1 amide bonds. The molecule has 1 N–H and O–H groups in total. The summed E-state index contributed by atoms with van der Waals surface area (Å²) in [5.74, 6) is -1.50. The summed E-state index contributed by atoms with van der Waals surface area (Å²) in [6.07, 6.45) is 1.12. The Balaban J connectivity index is 2.41. The Morgan fingerprint density at radius 2 is 1.89 bits per heavy atom. The van der Waals surface area contributed by atoms with E-state index in [1.54, 1.807) is 30.3 Å². The Morgan fingerprint density at radius 1 is 1.22 bits per heavy atom. The van der Waals surface area contributed by atoms with Crippen LogP contribution in [0.25, 0.3) is 6.08 Å². The summed E-state index contributed by atoms with van der Waals surface area (Å²) >= 11 is 0. The van der Waals surface area contributed by atoms with Crippen LogP contribution in [0, 0.1) is 21.4 Å². The van der Waals surface area contributed by atoms with Crippen molar-refractivity contribution in [2.45, 2.75) is 0 Å². The number of nitriles is 1. The van der Waals surface area contributed by atoms with E-state index in [1.807, 2.05) is 0 Å². The molecule has 0 radical (unpaired) electrons. The highest BCUT2D eigenvalue weighted by Gasteiger charge is 2.16. The average Bonchev–Trinajstić information content (AvgIpc) is 2.67. The number of methoxy groups -OCH3 is 2. The van der Waals surface area contributed by atoms with Gasteiger partial charge in [0.1, 0.15) is 23.1 Å². The van der Waals surface area contributed by atoms with Crippen LogP contribution < -0.4 is 19.9 Å². The minimum absolute atomic E-state index is 0.102. The number of ether oxygens (including phenoxy) is 2. The molecule has 0 aliphatic heterocycles. The highest BCUT2D eigenvalue weighted by Crippen LogP contribution is 2.35.